The molecule has 0 aliphatic carbocycles. The summed E-state index contributed by atoms with van der Waals surface area (Å²) in [5.74, 6) is 1.61. The van der Waals surface area contributed by atoms with Crippen LogP contribution in [0, 0.1) is 12.7 Å². The number of hydrogen-bond donors (Lipinski definition) is 5. The molecule has 3 aromatic heterocycles. The van der Waals surface area contributed by atoms with E-state index in [1.807, 2.05) is 18.2 Å². The van der Waals surface area contributed by atoms with Crippen molar-refractivity contribution in [3.8, 4) is 17.0 Å². The summed E-state index contributed by atoms with van der Waals surface area (Å²) in [6.45, 7) is 1.66. The molecule has 0 unspecified atom stereocenters. The number of anilines is 5. The number of hydrazine groups is 1. The minimum absolute atomic E-state index is 0.384. The summed E-state index contributed by atoms with van der Waals surface area (Å²) < 4.78 is 19.4. The average Bonchev–Trinajstić information content (AvgIpc) is 3.45. The molecule has 4 heterocycles. The molecule has 0 radical (unpaired) electrons. The van der Waals surface area contributed by atoms with Gasteiger partial charge < -0.3 is 30.9 Å². The van der Waals surface area contributed by atoms with E-state index in [1.54, 1.807) is 50.7 Å². The normalized spacial score (nSPS) is 15.0. The van der Waals surface area contributed by atoms with E-state index in [1.165, 1.54) is 0 Å². The average molecular weight is 462 g/mol. The van der Waals surface area contributed by atoms with E-state index in [9.17, 15) is 9.50 Å². The number of aliphatic hydroxyl groups is 1. The van der Waals surface area contributed by atoms with E-state index in [2.05, 4.69) is 36.0 Å². The van der Waals surface area contributed by atoms with Gasteiger partial charge >= 0.3 is 0 Å². The van der Waals surface area contributed by atoms with Crippen LogP contribution in [0.4, 0.5) is 33.2 Å². The molecule has 174 valence electrons. The zero-order valence-electron chi connectivity index (χ0n) is 18.7. The van der Waals surface area contributed by atoms with Gasteiger partial charge in [-0.1, -0.05) is 6.07 Å². The van der Waals surface area contributed by atoms with Crippen molar-refractivity contribution in [1.82, 2.24) is 24.9 Å². The van der Waals surface area contributed by atoms with Crippen molar-refractivity contribution < 1.29 is 14.2 Å². The molecule has 1 aromatic carbocycles. The van der Waals surface area contributed by atoms with Crippen LogP contribution < -0.4 is 20.8 Å². The summed E-state index contributed by atoms with van der Waals surface area (Å²) in [6, 6.07) is 9.05. The van der Waals surface area contributed by atoms with Gasteiger partial charge in [0.05, 0.1) is 48.5 Å². The van der Waals surface area contributed by atoms with Crippen molar-refractivity contribution in [2.45, 2.75) is 13.2 Å². The second-order valence-electron chi connectivity index (χ2n) is 7.83. The molecule has 0 saturated carbocycles. The van der Waals surface area contributed by atoms with Gasteiger partial charge in [-0.15, -0.1) is 0 Å². The van der Waals surface area contributed by atoms with E-state index in [0.717, 1.165) is 17.5 Å². The van der Waals surface area contributed by atoms with Crippen LogP contribution in [-0.2, 0) is 0 Å². The van der Waals surface area contributed by atoms with Gasteiger partial charge in [0.15, 0.2) is 17.8 Å². The number of ether oxygens (including phenoxy) is 1. The molecule has 0 saturated heterocycles. The van der Waals surface area contributed by atoms with Crippen molar-refractivity contribution in [2.75, 3.05) is 30.2 Å². The van der Waals surface area contributed by atoms with Gasteiger partial charge in [0.2, 0.25) is 0 Å². The zero-order chi connectivity index (χ0) is 23.8. The van der Waals surface area contributed by atoms with Crippen LogP contribution in [0.1, 0.15) is 17.4 Å². The van der Waals surface area contributed by atoms with Gasteiger partial charge in [-0.3, -0.25) is 0 Å². The largest absolute Gasteiger partial charge is 0.494 e. The van der Waals surface area contributed by atoms with Gasteiger partial charge in [0, 0.05) is 18.7 Å². The fourth-order valence-electron chi connectivity index (χ4n) is 3.85. The molecule has 5 rings (SSSR count). The SMILES string of the molecule is COc1c(Nc2cc(Nc3cc(C)c(F)cn3)nc3c2[C@H](O)N(C)N3)cccc1-c1cnc[nH]1. The summed E-state index contributed by atoms with van der Waals surface area (Å²) in [7, 11) is 3.31. The number of methoxy groups -OCH3 is 1. The first-order valence-corrected chi connectivity index (χ1v) is 10.5. The summed E-state index contributed by atoms with van der Waals surface area (Å²) >= 11 is 0. The third-order valence-electron chi connectivity index (χ3n) is 5.55. The summed E-state index contributed by atoms with van der Waals surface area (Å²) in [5.41, 5.74) is 7.02. The number of H-pyrrole nitrogens is 1. The number of fused-ring (bicyclic) bond motifs is 1. The minimum Gasteiger partial charge on any atom is -0.494 e. The standard InChI is InChI=1S/C23H23FN8O2/c1-12-7-18(26-9-14(12)24)29-19-8-16(20-22(30-19)31-32(2)23(20)33)28-15-6-4-5-13(21(15)34-3)17-10-25-11-27-17/h4-11,23,33H,1-3H3,(H,25,27)(H3,26,28,29,30,31)/t23-/m0/s1. The number of nitrogens with one attached hydrogen (secondary N) is 4. The second kappa shape index (κ2) is 8.61. The summed E-state index contributed by atoms with van der Waals surface area (Å²) in [6.07, 6.45) is 3.55. The van der Waals surface area contributed by atoms with Crippen LogP contribution in [0.15, 0.2) is 49.1 Å². The van der Waals surface area contributed by atoms with Crippen LogP contribution in [0.25, 0.3) is 11.3 Å². The first-order chi connectivity index (χ1) is 16.4. The Labute approximate surface area is 194 Å². The molecule has 4 aromatic rings. The van der Waals surface area contributed by atoms with Crippen molar-refractivity contribution in [1.29, 1.82) is 0 Å². The molecule has 11 heteroatoms. The van der Waals surface area contributed by atoms with Crippen molar-refractivity contribution in [3.63, 3.8) is 0 Å². The number of aromatic nitrogens is 4. The lowest BCUT2D eigenvalue weighted by Crippen LogP contribution is -2.22. The third kappa shape index (κ3) is 3.87. The van der Waals surface area contributed by atoms with Crippen molar-refractivity contribution >= 4 is 28.8 Å². The molecular weight excluding hydrogens is 439 g/mol. The second-order valence-corrected chi connectivity index (χ2v) is 7.83. The summed E-state index contributed by atoms with van der Waals surface area (Å²) in [4.78, 5) is 15.8. The highest BCUT2D eigenvalue weighted by Crippen LogP contribution is 2.42. The molecular formula is C23H23FN8O2. The predicted octanol–water partition coefficient (Wildman–Crippen LogP) is 4.07. The summed E-state index contributed by atoms with van der Waals surface area (Å²) in [5, 5.41) is 18.8. The lowest BCUT2D eigenvalue weighted by Gasteiger charge is -2.18. The lowest BCUT2D eigenvalue weighted by atomic mass is 10.1. The Hall–Kier alpha value is -4.22. The van der Waals surface area contributed by atoms with Gasteiger partial charge in [0.25, 0.3) is 0 Å². The minimum atomic E-state index is -0.924. The molecule has 0 spiro atoms. The van der Waals surface area contributed by atoms with E-state index >= 15 is 0 Å². The maximum Gasteiger partial charge on any atom is 0.155 e. The van der Waals surface area contributed by atoms with Crippen LogP contribution in [0.2, 0.25) is 0 Å². The van der Waals surface area contributed by atoms with Crippen LogP contribution in [0.5, 0.6) is 5.75 Å². The Morgan fingerprint density at radius 1 is 1.15 bits per heavy atom. The molecule has 0 fully saturated rings. The lowest BCUT2D eigenvalue weighted by molar-refractivity contribution is 0.0524. The van der Waals surface area contributed by atoms with Crippen molar-refractivity contribution in [2.24, 2.45) is 0 Å². The van der Waals surface area contributed by atoms with Gasteiger partial charge in [0.1, 0.15) is 17.5 Å². The van der Waals surface area contributed by atoms with E-state index in [0.29, 0.717) is 45.7 Å². The highest BCUT2D eigenvalue weighted by molar-refractivity contribution is 5.82. The fraction of sp³-hybridized carbons (Fsp3) is 0.174. The number of para-hydroxylation sites is 1. The Morgan fingerprint density at radius 2 is 2.00 bits per heavy atom. The Kier molecular flexibility index (Phi) is 5.48. The van der Waals surface area contributed by atoms with Crippen LogP contribution in [0.3, 0.4) is 0 Å². The van der Waals surface area contributed by atoms with Gasteiger partial charge in [-0.2, -0.15) is 5.01 Å². The molecule has 34 heavy (non-hydrogen) atoms. The number of hydrogen-bond acceptors (Lipinski definition) is 9. The van der Waals surface area contributed by atoms with Gasteiger partial charge in [-0.25, -0.2) is 19.3 Å². The molecule has 1 aliphatic heterocycles. The van der Waals surface area contributed by atoms with E-state index < -0.39 is 6.23 Å². The highest BCUT2D eigenvalue weighted by Gasteiger charge is 2.31. The first-order valence-electron chi connectivity index (χ1n) is 10.5. The number of benzene rings is 1. The monoisotopic (exact) mass is 462 g/mol. The predicted molar refractivity (Wildman–Crippen MR) is 127 cm³/mol. The van der Waals surface area contributed by atoms with E-state index in [4.69, 9.17) is 4.74 Å². The number of imidazole rings is 1. The molecule has 0 bridgehead atoms. The highest BCUT2D eigenvalue weighted by atomic mass is 19.1. The first kappa shape index (κ1) is 21.6. The Bertz CT molecular complexity index is 1350. The zero-order valence-corrected chi connectivity index (χ0v) is 18.7. The third-order valence-corrected chi connectivity index (χ3v) is 5.55. The molecule has 1 aliphatic rings. The smallest absolute Gasteiger partial charge is 0.155 e. The quantitative estimate of drug-likeness (QED) is 0.288. The van der Waals surface area contributed by atoms with E-state index in [-0.39, 0.29) is 5.82 Å². The number of pyridine rings is 2. The molecule has 5 N–H and O–H groups in total. The fourth-order valence-corrected chi connectivity index (χ4v) is 3.85. The molecule has 1 atom stereocenters. The number of aryl methyl sites for hydroxylation is 1. The van der Waals surface area contributed by atoms with Crippen LogP contribution in [-0.4, -0.2) is 44.2 Å². The van der Waals surface area contributed by atoms with Gasteiger partial charge in [-0.05, 0) is 30.7 Å². The number of nitrogens with zero attached hydrogens (tertiary/aromatic N) is 4. The number of aliphatic hydroxyl groups excluding tert-OH is 1. The van der Waals surface area contributed by atoms with Crippen LogP contribution >= 0.6 is 0 Å². The number of halogens is 1. The maximum atomic E-state index is 13.6. The molecule has 0 amide bonds. The molecule has 10 nitrogen and oxygen atoms in total. The van der Waals surface area contributed by atoms with Crippen molar-refractivity contribution in [3.05, 3.63) is 66.0 Å². The number of aromatic amines is 1. The Morgan fingerprint density at radius 3 is 2.74 bits per heavy atom. The maximum absolute atomic E-state index is 13.6. The number of rotatable bonds is 6. The Balaban J connectivity index is 1.56. The topological polar surface area (TPSA) is 123 Å².